The predicted octanol–water partition coefficient (Wildman–Crippen LogP) is 5.84. The smallest absolute Gasteiger partial charge is 0.478 e. The summed E-state index contributed by atoms with van der Waals surface area (Å²) in [6.45, 7) is 0. The first kappa shape index (κ1) is 24.5. The van der Waals surface area contributed by atoms with Gasteiger partial charge in [-0.2, -0.15) is 0 Å². The van der Waals surface area contributed by atoms with Crippen molar-refractivity contribution in [2.24, 2.45) is 0 Å². The molecule has 0 heterocycles. The Morgan fingerprint density at radius 3 is 1.97 bits per heavy atom. The number of hydrogen-bond acceptors (Lipinski definition) is 3. The van der Waals surface area contributed by atoms with Crippen LogP contribution in [0.4, 0.5) is 0 Å². The SMILES string of the molecule is O=C(O)C=Cc1ccc(C(=C(CCCl)c2ccccc2)c2ccc(OP(=O)(O)O)cc2)cc1. The van der Waals surface area contributed by atoms with Crippen molar-refractivity contribution in [3.05, 3.63) is 107 Å². The number of carboxylic acid groups (broad SMARTS) is 1. The summed E-state index contributed by atoms with van der Waals surface area (Å²) < 4.78 is 15.8. The van der Waals surface area contributed by atoms with Gasteiger partial charge in [0.2, 0.25) is 0 Å². The highest BCUT2D eigenvalue weighted by Gasteiger charge is 2.17. The summed E-state index contributed by atoms with van der Waals surface area (Å²) in [6, 6.07) is 23.7. The van der Waals surface area contributed by atoms with Crippen molar-refractivity contribution in [3.8, 4) is 5.75 Å². The predicted molar refractivity (Wildman–Crippen MR) is 130 cm³/mol. The summed E-state index contributed by atoms with van der Waals surface area (Å²) in [5, 5.41) is 8.85. The molecule has 0 aliphatic heterocycles. The number of phosphoric ester groups is 1. The monoisotopic (exact) mass is 484 g/mol. The Morgan fingerprint density at radius 2 is 1.45 bits per heavy atom. The maximum atomic E-state index is 11.2. The Bertz CT molecular complexity index is 1200. The van der Waals surface area contributed by atoms with Crippen LogP contribution in [0.3, 0.4) is 0 Å². The van der Waals surface area contributed by atoms with Gasteiger partial charge in [0.25, 0.3) is 0 Å². The number of carbonyl (C=O) groups is 1. The first-order chi connectivity index (χ1) is 15.8. The van der Waals surface area contributed by atoms with Gasteiger partial charge in [0.1, 0.15) is 5.75 Å². The molecule has 0 spiro atoms. The van der Waals surface area contributed by atoms with Crippen LogP contribution in [0.2, 0.25) is 0 Å². The van der Waals surface area contributed by atoms with E-state index in [-0.39, 0.29) is 5.75 Å². The molecule has 0 aliphatic rings. The van der Waals surface area contributed by atoms with Crippen LogP contribution in [-0.2, 0) is 9.36 Å². The molecule has 0 amide bonds. The second kappa shape index (κ2) is 11.1. The lowest BCUT2D eigenvalue weighted by Crippen LogP contribution is -1.97. The number of benzene rings is 3. The van der Waals surface area contributed by atoms with Crippen molar-refractivity contribution in [3.63, 3.8) is 0 Å². The molecule has 0 bridgehead atoms. The summed E-state index contributed by atoms with van der Waals surface area (Å²) >= 11 is 6.15. The van der Waals surface area contributed by atoms with Crippen LogP contribution in [0.1, 0.15) is 28.7 Å². The number of halogens is 1. The fourth-order valence-corrected chi connectivity index (χ4v) is 4.00. The van der Waals surface area contributed by atoms with E-state index < -0.39 is 13.8 Å². The van der Waals surface area contributed by atoms with Gasteiger partial charge in [0.05, 0.1) is 0 Å². The average Bonchev–Trinajstić information content (AvgIpc) is 2.79. The molecule has 3 rings (SSSR count). The molecular weight excluding hydrogens is 463 g/mol. The second-order valence-corrected chi connectivity index (χ2v) is 8.60. The van der Waals surface area contributed by atoms with Crippen LogP contribution in [-0.4, -0.2) is 26.7 Å². The zero-order valence-electron chi connectivity index (χ0n) is 17.5. The first-order valence-corrected chi connectivity index (χ1v) is 12.0. The third-order valence-electron chi connectivity index (χ3n) is 4.75. The van der Waals surface area contributed by atoms with Crippen molar-refractivity contribution in [2.45, 2.75) is 6.42 Å². The van der Waals surface area contributed by atoms with Gasteiger partial charge in [0, 0.05) is 12.0 Å². The van der Waals surface area contributed by atoms with Gasteiger partial charge < -0.3 is 9.63 Å². The molecule has 0 fully saturated rings. The molecule has 0 atom stereocenters. The minimum absolute atomic E-state index is 0.0548. The Labute approximate surface area is 196 Å². The number of alkyl halides is 1. The normalized spacial score (nSPS) is 12.5. The number of carboxylic acids is 1. The fourth-order valence-electron chi connectivity index (χ4n) is 3.41. The lowest BCUT2D eigenvalue weighted by molar-refractivity contribution is -0.131. The van der Waals surface area contributed by atoms with Gasteiger partial charge in [-0.3, -0.25) is 9.79 Å². The van der Waals surface area contributed by atoms with E-state index in [1.165, 1.54) is 18.2 Å². The van der Waals surface area contributed by atoms with E-state index >= 15 is 0 Å². The first-order valence-electron chi connectivity index (χ1n) is 9.98. The van der Waals surface area contributed by atoms with Gasteiger partial charge in [-0.05, 0) is 58.0 Å². The summed E-state index contributed by atoms with van der Waals surface area (Å²) in [4.78, 5) is 28.9. The van der Waals surface area contributed by atoms with E-state index in [2.05, 4.69) is 4.52 Å². The third kappa shape index (κ3) is 7.17. The molecule has 8 heteroatoms. The van der Waals surface area contributed by atoms with Gasteiger partial charge in [-0.1, -0.05) is 66.7 Å². The standard InChI is InChI=1S/C25H22ClO6P/c26-17-16-23(19-4-2-1-3-5-19)25(20-9-6-18(7-10-20)8-15-24(27)28)21-11-13-22(14-12-21)32-33(29,30)31/h1-15H,16-17H2,(H,27,28)(H2,29,30,31). The van der Waals surface area contributed by atoms with Crippen LogP contribution in [0.5, 0.6) is 5.75 Å². The summed E-state index contributed by atoms with van der Waals surface area (Å²) in [5.74, 6) is -0.572. The molecule has 0 saturated carbocycles. The van der Waals surface area contributed by atoms with Gasteiger partial charge in [-0.15, -0.1) is 11.6 Å². The van der Waals surface area contributed by atoms with Crippen LogP contribution in [0, 0.1) is 0 Å². The Morgan fingerprint density at radius 1 is 0.879 bits per heavy atom. The highest BCUT2D eigenvalue weighted by molar-refractivity contribution is 7.46. The summed E-state index contributed by atoms with van der Waals surface area (Å²) in [7, 11) is -4.66. The third-order valence-corrected chi connectivity index (χ3v) is 5.39. The molecule has 0 aromatic heterocycles. The van der Waals surface area contributed by atoms with E-state index in [1.807, 2.05) is 54.6 Å². The molecule has 3 N–H and O–H groups in total. The van der Waals surface area contributed by atoms with E-state index in [4.69, 9.17) is 26.5 Å². The van der Waals surface area contributed by atoms with Crippen molar-refractivity contribution in [1.82, 2.24) is 0 Å². The average molecular weight is 485 g/mol. The fraction of sp³-hybridized carbons (Fsp3) is 0.0800. The molecule has 170 valence electrons. The number of aliphatic carboxylic acids is 1. The zero-order chi connectivity index (χ0) is 23.8. The van der Waals surface area contributed by atoms with Crippen LogP contribution < -0.4 is 4.52 Å². The Hall–Kier alpha value is -3.15. The van der Waals surface area contributed by atoms with E-state index in [1.54, 1.807) is 12.1 Å². The molecule has 0 saturated heterocycles. The molecule has 0 radical (unpaired) electrons. The number of allylic oxidation sites excluding steroid dienone is 1. The molecule has 3 aromatic rings. The van der Waals surface area contributed by atoms with Crippen molar-refractivity contribution < 1.29 is 28.8 Å². The minimum atomic E-state index is -4.66. The van der Waals surface area contributed by atoms with Crippen LogP contribution in [0.25, 0.3) is 17.2 Å². The van der Waals surface area contributed by atoms with E-state index in [0.717, 1.165) is 39.5 Å². The molecule has 33 heavy (non-hydrogen) atoms. The maximum absolute atomic E-state index is 11.2. The van der Waals surface area contributed by atoms with Crippen molar-refractivity contribution >= 4 is 42.6 Å². The van der Waals surface area contributed by atoms with E-state index in [0.29, 0.717) is 12.3 Å². The summed E-state index contributed by atoms with van der Waals surface area (Å²) in [5.41, 5.74) is 5.34. The molecule has 0 aliphatic carbocycles. The van der Waals surface area contributed by atoms with Crippen LogP contribution >= 0.6 is 19.4 Å². The van der Waals surface area contributed by atoms with Crippen LogP contribution in [0.15, 0.2) is 84.9 Å². The lowest BCUT2D eigenvalue weighted by atomic mass is 9.88. The Balaban J connectivity index is 2.14. The summed E-state index contributed by atoms with van der Waals surface area (Å²) in [6.07, 6.45) is 3.18. The highest BCUT2D eigenvalue weighted by atomic mass is 35.5. The number of rotatable bonds is 9. The topological polar surface area (TPSA) is 104 Å². The number of hydrogen-bond donors (Lipinski definition) is 3. The molecular formula is C25H22ClO6P. The van der Waals surface area contributed by atoms with Gasteiger partial charge >= 0.3 is 13.8 Å². The number of phosphoric acid groups is 1. The van der Waals surface area contributed by atoms with Gasteiger partial charge in [-0.25, -0.2) is 9.36 Å². The minimum Gasteiger partial charge on any atom is -0.478 e. The largest absolute Gasteiger partial charge is 0.524 e. The van der Waals surface area contributed by atoms with Crippen molar-refractivity contribution in [1.29, 1.82) is 0 Å². The van der Waals surface area contributed by atoms with Gasteiger partial charge in [0.15, 0.2) is 0 Å². The quantitative estimate of drug-likeness (QED) is 0.152. The molecule has 0 unspecified atom stereocenters. The molecule has 3 aromatic carbocycles. The zero-order valence-corrected chi connectivity index (χ0v) is 19.1. The van der Waals surface area contributed by atoms with E-state index in [9.17, 15) is 9.36 Å². The second-order valence-electron chi connectivity index (χ2n) is 7.06. The molecule has 6 nitrogen and oxygen atoms in total. The maximum Gasteiger partial charge on any atom is 0.524 e. The Kier molecular flexibility index (Phi) is 8.26. The lowest BCUT2D eigenvalue weighted by Gasteiger charge is -2.17. The van der Waals surface area contributed by atoms with Crippen molar-refractivity contribution in [2.75, 3.05) is 5.88 Å². The highest BCUT2D eigenvalue weighted by Crippen LogP contribution is 2.39.